The zero-order chi connectivity index (χ0) is 10.3. The normalized spacial score (nSPS) is 12.4. The molecule has 0 fully saturated rings. The lowest BCUT2D eigenvalue weighted by Gasteiger charge is -2.11. The van der Waals surface area contributed by atoms with Crippen LogP contribution in [0.2, 0.25) is 0 Å². The first-order valence-corrected chi connectivity index (χ1v) is 6.20. The SMILES string of the molecule is CSSCN[C@@H](CC(N)=O)C(=O)O. The van der Waals surface area contributed by atoms with E-state index in [1.54, 1.807) is 0 Å². The summed E-state index contributed by atoms with van der Waals surface area (Å²) in [5, 5.41) is 11.3. The topological polar surface area (TPSA) is 92.4 Å². The van der Waals surface area contributed by atoms with Gasteiger partial charge in [-0.1, -0.05) is 21.6 Å². The van der Waals surface area contributed by atoms with Crippen LogP contribution in [0, 0.1) is 0 Å². The lowest BCUT2D eigenvalue weighted by molar-refractivity contribution is -0.141. The van der Waals surface area contributed by atoms with Crippen molar-refractivity contribution in [3.05, 3.63) is 0 Å². The summed E-state index contributed by atoms with van der Waals surface area (Å²) in [4.78, 5) is 21.0. The van der Waals surface area contributed by atoms with E-state index in [4.69, 9.17) is 10.8 Å². The first-order valence-electron chi connectivity index (χ1n) is 3.48. The van der Waals surface area contributed by atoms with Crippen molar-refractivity contribution in [2.24, 2.45) is 5.73 Å². The maximum absolute atomic E-state index is 10.5. The largest absolute Gasteiger partial charge is 0.480 e. The molecule has 7 heteroatoms. The van der Waals surface area contributed by atoms with Crippen LogP contribution in [-0.2, 0) is 9.59 Å². The standard InChI is InChI=1S/C6H12N2O3S2/c1-12-13-3-8-4(6(10)11)2-5(7)9/h4,8H,2-3H2,1H3,(H2,7,9)(H,10,11)/t4-/m0/s1. The zero-order valence-corrected chi connectivity index (χ0v) is 8.78. The van der Waals surface area contributed by atoms with Crippen molar-refractivity contribution in [3.63, 3.8) is 0 Å². The molecule has 76 valence electrons. The minimum atomic E-state index is -1.06. The molecule has 5 nitrogen and oxygen atoms in total. The maximum Gasteiger partial charge on any atom is 0.321 e. The van der Waals surface area contributed by atoms with Crippen LogP contribution in [0.5, 0.6) is 0 Å². The second-order valence-corrected chi connectivity index (χ2v) is 4.76. The van der Waals surface area contributed by atoms with Gasteiger partial charge in [0.05, 0.1) is 12.3 Å². The van der Waals surface area contributed by atoms with Crippen molar-refractivity contribution >= 4 is 33.5 Å². The maximum atomic E-state index is 10.5. The van der Waals surface area contributed by atoms with Gasteiger partial charge < -0.3 is 10.8 Å². The van der Waals surface area contributed by atoms with E-state index in [9.17, 15) is 9.59 Å². The lowest BCUT2D eigenvalue weighted by Crippen LogP contribution is -2.39. The molecule has 1 amide bonds. The fourth-order valence-corrected chi connectivity index (χ4v) is 1.59. The Kier molecular flexibility index (Phi) is 6.83. The highest BCUT2D eigenvalue weighted by atomic mass is 33.1. The smallest absolute Gasteiger partial charge is 0.321 e. The third-order valence-corrected chi connectivity index (χ3v) is 2.79. The molecule has 4 N–H and O–H groups in total. The summed E-state index contributed by atoms with van der Waals surface area (Å²) in [7, 11) is 2.99. The van der Waals surface area contributed by atoms with Crippen LogP contribution in [0.4, 0.5) is 0 Å². The summed E-state index contributed by atoms with van der Waals surface area (Å²) in [6.07, 6.45) is 1.71. The van der Waals surface area contributed by atoms with E-state index in [1.807, 2.05) is 6.26 Å². The Balaban J connectivity index is 3.81. The molecule has 0 spiro atoms. The number of hydrogen-bond acceptors (Lipinski definition) is 5. The molecule has 0 radical (unpaired) electrons. The number of carboxylic acids is 1. The van der Waals surface area contributed by atoms with Crippen LogP contribution in [-0.4, -0.2) is 35.2 Å². The number of nitrogens with two attached hydrogens (primary N) is 1. The molecular weight excluding hydrogens is 212 g/mol. The van der Waals surface area contributed by atoms with Crippen molar-refractivity contribution in [2.45, 2.75) is 12.5 Å². The van der Waals surface area contributed by atoms with Gasteiger partial charge >= 0.3 is 5.97 Å². The Labute approximate surface area is 84.2 Å². The van der Waals surface area contributed by atoms with E-state index in [0.717, 1.165) is 0 Å². The van der Waals surface area contributed by atoms with E-state index < -0.39 is 17.9 Å². The molecule has 0 aromatic rings. The number of rotatable bonds is 7. The molecular formula is C6H12N2O3S2. The van der Waals surface area contributed by atoms with Crippen molar-refractivity contribution in [2.75, 3.05) is 12.1 Å². The summed E-state index contributed by atoms with van der Waals surface area (Å²) in [5.41, 5.74) is 4.88. The Bertz CT molecular complexity index is 189. The van der Waals surface area contributed by atoms with Crippen LogP contribution in [0.25, 0.3) is 0 Å². The van der Waals surface area contributed by atoms with E-state index in [2.05, 4.69) is 5.32 Å². The fourth-order valence-electron chi connectivity index (χ4n) is 0.642. The van der Waals surface area contributed by atoms with E-state index >= 15 is 0 Å². The van der Waals surface area contributed by atoms with Gasteiger partial charge in [0.1, 0.15) is 6.04 Å². The predicted molar refractivity (Wildman–Crippen MR) is 54.3 cm³/mol. The van der Waals surface area contributed by atoms with Crippen molar-refractivity contribution in [1.82, 2.24) is 5.32 Å². The second-order valence-electron chi connectivity index (χ2n) is 2.19. The molecule has 0 aliphatic carbocycles. The number of carboxylic acid groups (broad SMARTS) is 1. The Hall–Kier alpha value is -0.400. The van der Waals surface area contributed by atoms with Gasteiger partial charge in [-0.2, -0.15) is 0 Å². The number of primary amides is 1. The lowest BCUT2D eigenvalue weighted by atomic mass is 10.2. The predicted octanol–water partition coefficient (Wildman–Crippen LogP) is -0.127. The quantitative estimate of drug-likeness (QED) is 0.317. The highest BCUT2D eigenvalue weighted by Crippen LogP contribution is 2.14. The summed E-state index contributed by atoms with van der Waals surface area (Å²) >= 11 is 0. The van der Waals surface area contributed by atoms with Gasteiger partial charge in [-0.3, -0.25) is 14.9 Å². The van der Waals surface area contributed by atoms with Gasteiger partial charge in [0, 0.05) is 0 Å². The zero-order valence-electron chi connectivity index (χ0n) is 7.15. The second kappa shape index (κ2) is 7.05. The molecule has 0 aliphatic heterocycles. The fraction of sp³-hybridized carbons (Fsp3) is 0.667. The van der Waals surface area contributed by atoms with E-state index in [-0.39, 0.29) is 6.42 Å². The first kappa shape index (κ1) is 12.6. The number of aliphatic carboxylic acids is 1. The van der Waals surface area contributed by atoms with Crippen LogP contribution in [0.3, 0.4) is 0 Å². The third-order valence-electron chi connectivity index (χ3n) is 1.21. The summed E-state index contributed by atoms with van der Waals surface area (Å²) in [6, 6.07) is -0.878. The van der Waals surface area contributed by atoms with Gasteiger partial charge in [-0.25, -0.2) is 0 Å². The summed E-state index contributed by atoms with van der Waals surface area (Å²) < 4.78 is 0. The van der Waals surface area contributed by atoms with Crippen LogP contribution < -0.4 is 11.1 Å². The van der Waals surface area contributed by atoms with E-state index in [1.165, 1.54) is 21.6 Å². The average molecular weight is 224 g/mol. The van der Waals surface area contributed by atoms with Crippen molar-refractivity contribution in [3.8, 4) is 0 Å². The molecule has 0 aromatic carbocycles. The highest BCUT2D eigenvalue weighted by Gasteiger charge is 2.18. The molecule has 0 heterocycles. The summed E-state index contributed by atoms with van der Waals surface area (Å²) in [5.74, 6) is -1.19. The molecule has 0 aromatic heterocycles. The molecule has 0 saturated carbocycles. The van der Waals surface area contributed by atoms with Gasteiger partial charge in [0.15, 0.2) is 0 Å². The number of amides is 1. The van der Waals surface area contributed by atoms with Gasteiger partial charge in [0.2, 0.25) is 5.91 Å². The van der Waals surface area contributed by atoms with Crippen LogP contribution in [0.1, 0.15) is 6.42 Å². The van der Waals surface area contributed by atoms with Crippen molar-refractivity contribution in [1.29, 1.82) is 0 Å². The van der Waals surface area contributed by atoms with Crippen LogP contribution >= 0.6 is 21.6 Å². The monoisotopic (exact) mass is 224 g/mol. The van der Waals surface area contributed by atoms with Crippen molar-refractivity contribution < 1.29 is 14.7 Å². The van der Waals surface area contributed by atoms with Crippen LogP contribution in [0.15, 0.2) is 0 Å². The molecule has 0 rings (SSSR count). The highest BCUT2D eigenvalue weighted by molar-refractivity contribution is 8.76. The average Bonchev–Trinajstić information content (AvgIpc) is 2.02. The number of hydrogen-bond donors (Lipinski definition) is 3. The molecule has 13 heavy (non-hydrogen) atoms. The van der Waals surface area contributed by atoms with Gasteiger partial charge in [0.25, 0.3) is 0 Å². The van der Waals surface area contributed by atoms with Gasteiger partial charge in [-0.15, -0.1) is 0 Å². The number of nitrogens with one attached hydrogen (secondary N) is 1. The Morgan fingerprint density at radius 2 is 2.23 bits per heavy atom. The van der Waals surface area contributed by atoms with Gasteiger partial charge in [-0.05, 0) is 6.26 Å². The molecule has 0 saturated heterocycles. The third kappa shape index (κ3) is 6.73. The Morgan fingerprint density at radius 3 is 2.62 bits per heavy atom. The molecule has 1 atom stereocenters. The van der Waals surface area contributed by atoms with E-state index in [0.29, 0.717) is 5.88 Å². The summed E-state index contributed by atoms with van der Waals surface area (Å²) in [6.45, 7) is 0. The minimum Gasteiger partial charge on any atom is -0.480 e. The number of carbonyl (C=O) groups excluding carboxylic acids is 1. The Morgan fingerprint density at radius 1 is 1.62 bits per heavy atom. The number of carbonyl (C=O) groups is 2. The minimum absolute atomic E-state index is 0.176. The molecule has 0 aliphatic rings. The molecule has 0 bridgehead atoms. The molecule has 0 unspecified atom stereocenters. The first-order chi connectivity index (χ1) is 6.07.